The lowest BCUT2D eigenvalue weighted by Gasteiger charge is -2.27. The van der Waals surface area contributed by atoms with E-state index in [1.165, 1.54) is 44.1 Å². The molecular weight excluding hydrogens is 280 g/mol. The average Bonchev–Trinajstić information content (AvgIpc) is 2.76. The molecule has 1 aromatic rings. The zero-order valence-corrected chi connectivity index (χ0v) is 14.2. The fourth-order valence-corrected chi connectivity index (χ4v) is 3.47. The average molecular weight is 309 g/mol. The van der Waals surface area contributed by atoms with Crippen LogP contribution in [-0.2, 0) is 0 Å². The van der Waals surface area contributed by atoms with Crippen molar-refractivity contribution in [3.8, 4) is 0 Å². The van der Waals surface area contributed by atoms with Gasteiger partial charge in [0.1, 0.15) is 0 Å². The standard InChI is InChI=1S/C18H29ClN2/c1-15(17-11-7-8-12-18(17)19)21(2)14-13-20-16-9-5-3-4-6-10-16/h7-8,11-12,15-16,20H,3-6,9-10,13-14H2,1-2H3. The number of nitrogens with one attached hydrogen (secondary N) is 1. The van der Waals surface area contributed by atoms with E-state index in [4.69, 9.17) is 11.6 Å². The highest BCUT2D eigenvalue weighted by Crippen LogP contribution is 2.25. The van der Waals surface area contributed by atoms with Crippen molar-refractivity contribution >= 4 is 11.6 Å². The molecule has 1 saturated carbocycles. The summed E-state index contributed by atoms with van der Waals surface area (Å²) in [5, 5.41) is 4.61. The Hall–Kier alpha value is -0.570. The van der Waals surface area contributed by atoms with E-state index in [1.807, 2.05) is 12.1 Å². The molecule has 2 nitrogen and oxygen atoms in total. The quantitative estimate of drug-likeness (QED) is 0.770. The van der Waals surface area contributed by atoms with Crippen LogP contribution in [0.2, 0.25) is 5.02 Å². The number of benzene rings is 1. The van der Waals surface area contributed by atoms with Gasteiger partial charge in [0, 0.05) is 30.2 Å². The van der Waals surface area contributed by atoms with Crippen molar-refractivity contribution in [1.82, 2.24) is 10.2 Å². The van der Waals surface area contributed by atoms with Gasteiger partial charge in [-0.3, -0.25) is 4.90 Å². The summed E-state index contributed by atoms with van der Waals surface area (Å²) >= 11 is 6.29. The predicted octanol–water partition coefficient (Wildman–Crippen LogP) is 4.65. The van der Waals surface area contributed by atoms with E-state index < -0.39 is 0 Å². The fraction of sp³-hybridized carbons (Fsp3) is 0.667. The van der Waals surface area contributed by atoms with Gasteiger partial charge in [-0.25, -0.2) is 0 Å². The molecule has 0 aliphatic heterocycles. The third-order valence-electron chi connectivity index (χ3n) is 4.77. The minimum Gasteiger partial charge on any atom is -0.313 e. The Balaban J connectivity index is 1.76. The molecule has 118 valence electrons. The van der Waals surface area contributed by atoms with E-state index in [0.29, 0.717) is 6.04 Å². The third kappa shape index (κ3) is 5.28. The summed E-state index contributed by atoms with van der Waals surface area (Å²) in [4.78, 5) is 2.38. The van der Waals surface area contributed by atoms with Crippen molar-refractivity contribution in [3.05, 3.63) is 34.9 Å². The Morgan fingerprint density at radius 2 is 1.86 bits per heavy atom. The van der Waals surface area contributed by atoms with Gasteiger partial charge in [0.05, 0.1) is 0 Å². The summed E-state index contributed by atoms with van der Waals surface area (Å²) in [5.41, 5.74) is 1.22. The smallest absolute Gasteiger partial charge is 0.0453 e. The Morgan fingerprint density at radius 1 is 1.19 bits per heavy atom. The molecule has 1 atom stereocenters. The van der Waals surface area contributed by atoms with Gasteiger partial charge in [0.15, 0.2) is 0 Å². The minimum atomic E-state index is 0.356. The maximum absolute atomic E-state index is 6.29. The zero-order valence-electron chi connectivity index (χ0n) is 13.4. The van der Waals surface area contributed by atoms with Crippen LogP contribution in [0.1, 0.15) is 57.1 Å². The summed E-state index contributed by atoms with van der Waals surface area (Å²) < 4.78 is 0. The molecule has 0 aromatic heterocycles. The SMILES string of the molecule is CC(c1ccccc1Cl)N(C)CCNC1CCCCCC1. The summed E-state index contributed by atoms with van der Waals surface area (Å²) in [7, 11) is 2.18. The second kappa shape index (κ2) is 8.77. The van der Waals surface area contributed by atoms with Crippen LogP contribution in [0.5, 0.6) is 0 Å². The van der Waals surface area contributed by atoms with Gasteiger partial charge in [0.25, 0.3) is 0 Å². The van der Waals surface area contributed by atoms with Crippen LogP contribution in [0, 0.1) is 0 Å². The molecule has 0 saturated heterocycles. The second-order valence-electron chi connectivity index (χ2n) is 6.32. The number of hydrogen-bond donors (Lipinski definition) is 1. The van der Waals surface area contributed by atoms with Crippen molar-refractivity contribution in [1.29, 1.82) is 0 Å². The molecule has 21 heavy (non-hydrogen) atoms. The molecule has 1 unspecified atom stereocenters. The highest BCUT2D eigenvalue weighted by molar-refractivity contribution is 6.31. The fourth-order valence-electron chi connectivity index (χ4n) is 3.17. The molecule has 0 spiro atoms. The zero-order chi connectivity index (χ0) is 15.1. The molecule has 0 amide bonds. The lowest BCUT2D eigenvalue weighted by Crippen LogP contribution is -2.36. The van der Waals surface area contributed by atoms with E-state index in [9.17, 15) is 0 Å². The minimum absolute atomic E-state index is 0.356. The maximum atomic E-state index is 6.29. The van der Waals surface area contributed by atoms with Crippen LogP contribution in [0.3, 0.4) is 0 Å². The first-order chi connectivity index (χ1) is 10.2. The maximum Gasteiger partial charge on any atom is 0.0453 e. The van der Waals surface area contributed by atoms with Gasteiger partial charge in [-0.1, -0.05) is 55.5 Å². The Morgan fingerprint density at radius 3 is 2.52 bits per heavy atom. The summed E-state index contributed by atoms with van der Waals surface area (Å²) in [6.45, 7) is 4.35. The predicted molar refractivity (Wildman–Crippen MR) is 92.0 cm³/mol. The van der Waals surface area contributed by atoms with E-state index in [0.717, 1.165) is 24.2 Å². The van der Waals surface area contributed by atoms with Crippen molar-refractivity contribution in [2.24, 2.45) is 0 Å². The highest BCUT2D eigenvalue weighted by atomic mass is 35.5. The summed E-state index contributed by atoms with van der Waals surface area (Å²) in [6.07, 6.45) is 8.32. The van der Waals surface area contributed by atoms with Crippen LogP contribution < -0.4 is 5.32 Å². The van der Waals surface area contributed by atoms with E-state index >= 15 is 0 Å². The highest BCUT2D eigenvalue weighted by Gasteiger charge is 2.15. The van der Waals surface area contributed by atoms with Crippen molar-refractivity contribution < 1.29 is 0 Å². The molecule has 1 fully saturated rings. The Labute approximate surface area is 134 Å². The van der Waals surface area contributed by atoms with Crippen molar-refractivity contribution in [2.75, 3.05) is 20.1 Å². The Bertz CT molecular complexity index is 413. The van der Waals surface area contributed by atoms with Crippen LogP contribution in [0.15, 0.2) is 24.3 Å². The molecule has 1 aromatic carbocycles. The molecule has 1 N–H and O–H groups in total. The van der Waals surface area contributed by atoms with Gasteiger partial charge in [-0.15, -0.1) is 0 Å². The van der Waals surface area contributed by atoms with Crippen LogP contribution >= 0.6 is 11.6 Å². The molecular formula is C18H29ClN2. The van der Waals surface area contributed by atoms with E-state index in [2.05, 4.69) is 36.3 Å². The van der Waals surface area contributed by atoms with Crippen molar-refractivity contribution in [2.45, 2.75) is 57.5 Å². The largest absolute Gasteiger partial charge is 0.313 e. The lowest BCUT2D eigenvalue weighted by atomic mass is 10.1. The van der Waals surface area contributed by atoms with Gasteiger partial charge in [-0.2, -0.15) is 0 Å². The first kappa shape index (κ1) is 16.8. The molecule has 1 aliphatic carbocycles. The van der Waals surface area contributed by atoms with Crippen LogP contribution in [0.25, 0.3) is 0 Å². The van der Waals surface area contributed by atoms with Gasteiger partial charge >= 0.3 is 0 Å². The van der Waals surface area contributed by atoms with Crippen LogP contribution in [-0.4, -0.2) is 31.1 Å². The molecule has 2 rings (SSSR count). The van der Waals surface area contributed by atoms with Crippen LogP contribution in [0.4, 0.5) is 0 Å². The van der Waals surface area contributed by atoms with Crippen molar-refractivity contribution in [3.63, 3.8) is 0 Å². The molecule has 0 bridgehead atoms. The summed E-state index contributed by atoms with van der Waals surface area (Å²) in [6, 6.07) is 9.25. The molecule has 0 radical (unpaired) electrons. The van der Waals surface area contributed by atoms with Gasteiger partial charge in [0.2, 0.25) is 0 Å². The number of likely N-dealkylation sites (N-methyl/N-ethyl adjacent to an activating group) is 1. The number of rotatable bonds is 6. The monoisotopic (exact) mass is 308 g/mol. The number of hydrogen-bond acceptors (Lipinski definition) is 2. The Kier molecular flexibility index (Phi) is 7.01. The molecule has 1 aliphatic rings. The first-order valence-corrected chi connectivity index (χ1v) is 8.74. The number of halogens is 1. The molecule has 3 heteroatoms. The van der Waals surface area contributed by atoms with E-state index in [1.54, 1.807) is 0 Å². The normalized spacial score (nSPS) is 18.7. The van der Waals surface area contributed by atoms with E-state index in [-0.39, 0.29) is 0 Å². The lowest BCUT2D eigenvalue weighted by molar-refractivity contribution is 0.255. The van der Waals surface area contributed by atoms with Gasteiger partial charge < -0.3 is 5.32 Å². The topological polar surface area (TPSA) is 15.3 Å². The first-order valence-electron chi connectivity index (χ1n) is 8.36. The summed E-state index contributed by atoms with van der Waals surface area (Å²) in [5.74, 6) is 0. The van der Waals surface area contributed by atoms with Gasteiger partial charge in [-0.05, 0) is 38.4 Å². The molecule has 0 heterocycles. The third-order valence-corrected chi connectivity index (χ3v) is 5.11. The number of nitrogens with zero attached hydrogens (tertiary/aromatic N) is 1. The second-order valence-corrected chi connectivity index (χ2v) is 6.73.